The number of hydrogen-bond donors (Lipinski definition) is 1. The highest BCUT2D eigenvalue weighted by molar-refractivity contribution is 6.36. The zero-order valence-corrected chi connectivity index (χ0v) is 8.08. The minimum Gasteiger partial charge on any atom is -0.368 e. The fourth-order valence-corrected chi connectivity index (χ4v) is 1.08. The van der Waals surface area contributed by atoms with Crippen LogP contribution in [-0.4, -0.2) is 16.0 Å². The number of carbonyl (C=O) groups is 1. The van der Waals surface area contributed by atoms with Gasteiger partial charge < -0.3 is 5.11 Å². The molecular formula is C10H11ClO2. The zero-order valence-electron chi connectivity index (χ0n) is 7.33. The van der Waals surface area contributed by atoms with E-state index >= 15 is 0 Å². The number of Topliss-reactive ketones (excluding diaryl/α,β-unsaturated/α-hetero) is 1. The van der Waals surface area contributed by atoms with Crippen LogP contribution >= 0.6 is 11.6 Å². The van der Waals surface area contributed by atoms with E-state index in [1.54, 1.807) is 37.3 Å². The Morgan fingerprint density at radius 3 is 2.46 bits per heavy atom. The number of benzene rings is 1. The summed E-state index contributed by atoms with van der Waals surface area (Å²) in [5.74, 6) is -0.447. The van der Waals surface area contributed by atoms with Gasteiger partial charge in [0.1, 0.15) is 0 Å². The van der Waals surface area contributed by atoms with Crippen molar-refractivity contribution in [1.82, 2.24) is 0 Å². The molecule has 0 radical (unpaired) electrons. The van der Waals surface area contributed by atoms with E-state index < -0.39 is 10.8 Å². The Kier molecular flexibility index (Phi) is 3.07. The standard InChI is InChI=1S/C10H11ClO2/c1-2-10(11,13)9(12)8-6-4-3-5-7-8/h3-7,13H,2H2,1H3. The van der Waals surface area contributed by atoms with Gasteiger partial charge in [-0.05, 0) is 6.42 Å². The molecule has 1 atom stereocenters. The van der Waals surface area contributed by atoms with Crippen LogP contribution in [0.4, 0.5) is 0 Å². The summed E-state index contributed by atoms with van der Waals surface area (Å²) in [7, 11) is 0. The summed E-state index contributed by atoms with van der Waals surface area (Å²) < 4.78 is 0. The highest BCUT2D eigenvalue weighted by atomic mass is 35.5. The Balaban J connectivity index is 2.93. The molecule has 0 aromatic heterocycles. The molecule has 0 saturated heterocycles. The predicted molar refractivity (Wildman–Crippen MR) is 51.9 cm³/mol. The lowest BCUT2D eigenvalue weighted by molar-refractivity contribution is 0.0632. The Morgan fingerprint density at radius 1 is 1.46 bits per heavy atom. The Bertz CT molecular complexity index is 293. The molecule has 3 heteroatoms. The normalized spacial score (nSPS) is 15.0. The van der Waals surface area contributed by atoms with Crippen LogP contribution in [0.5, 0.6) is 0 Å². The number of aliphatic hydroxyl groups is 1. The summed E-state index contributed by atoms with van der Waals surface area (Å²) in [5, 5.41) is 7.70. The van der Waals surface area contributed by atoms with E-state index in [1.165, 1.54) is 0 Å². The molecule has 1 rings (SSSR count). The summed E-state index contributed by atoms with van der Waals surface area (Å²) >= 11 is 5.61. The van der Waals surface area contributed by atoms with Crippen LogP contribution in [0.2, 0.25) is 0 Å². The fraction of sp³-hybridized carbons (Fsp3) is 0.300. The van der Waals surface area contributed by atoms with E-state index in [0.717, 1.165) is 0 Å². The molecule has 2 nitrogen and oxygen atoms in total. The van der Waals surface area contributed by atoms with Crippen molar-refractivity contribution in [3.05, 3.63) is 35.9 Å². The van der Waals surface area contributed by atoms with Crippen LogP contribution in [0, 0.1) is 0 Å². The van der Waals surface area contributed by atoms with Gasteiger partial charge in [0.2, 0.25) is 10.8 Å². The molecule has 1 unspecified atom stereocenters. The Hall–Kier alpha value is -0.860. The smallest absolute Gasteiger partial charge is 0.209 e. The number of rotatable bonds is 3. The third-order valence-corrected chi connectivity index (χ3v) is 2.29. The predicted octanol–water partition coefficient (Wildman–Crippen LogP) is 2.21. The number of carbonyl (C=O) groups excluding carboxylic acids is 1. The molecule has 0 amide bonds. The maximum atomic E-state index is 11.5. The molecule has 0 bridgehead atoms. The Morgan fingerprint density at radius 2 is 2.00 bits per heavy atom. The summed E-state index contributed by atoms with van der Waals surface area (Å²) in [5.41, 5.74) is 0.432. The monoisotopic (exact) mass is 198 g/mol. The molecule has 0 aliphatic heterocycles. The van der Waals surface area contributed by atoms with E-state index in [2.05, 4.69) is 0 Å². The minimum atomic E-state index is -1.76. The van der Waals surface area contributed by atoms with Crippen LogP contribution in [0.15, 0.2) is 30.3 Å². The van der Waals surface area contributed by atoms with Crippen molar-refractivity contribution in [3.8, 4) is 0 Å². The summed E-state index contributed by atoms with van der Waals surface area (Å²) in [4.78, 5) is 11.5. The van der Waals surface area contributed by atoms with Crippen molar-refractivity contribution in [3.63, 3.8) is 0 Å². The molecule has 0 saturated carbocycles. The first-order chi connectivity index (χ1) is 6.08. The number of hydrogen-bond acceptors (Lipinski definition) is 2. The maximum Gasteiger partial charge on any atom is 0.209 e. The van der Waals surface area contributed by atoms with Gasteiger partial charge in [-0.1, -0.05) is 48.9 Å². The Labute approximate surface area is 82.2 Å². The van der Waals surface area contributed by atoms with Gasteiger partial charge in [-0.15, -0.1) is 0 Å². The summed E-state index contributed by atoms with van der Waals surface area (Å²) in [6, 6.07) is 8.53. The highest BCUT2D eigenvalue weighted by Gasteiger charge is 2.31. The summed E-state index contributed by atoms with van der Waals surface area (Å²) in [6.07, 6.45) is 0.197. The second-order valence-electron chi connectivity index (χ2n) is 2.81. The quantitative estimate of drug-likeness (QED) is 0.597. The van der Waals surface area contributed by atoms with Crippen molar-refractivity contribution >= 4 is 17.4 Å². The molecule has 13 heavy (non-hydrogen) atoms. The number of alkyl halides is 1. The van der Waals surface area contributed by atoms with Crippen LogP contribution in [0.3, 0.4) is 0 Å². The second kappa shape index (κ2) is 3.90. The largest absolute Gasteiger partial charge is 0.368 e. The third kappa shape index (κ3) is 2.29. The molecule has 0 spiro atoms. The van der Waals surface area contributed by atoms with Crippen molar-refractivity contribution in [1.29, 1.82) is 0 Å². The van der Waals surface area contributed by atoms with Gasteiger partial charge in [0.05, 0.1) is 0 Å². The fourth-order valence-electron chi connectivity index (χ4n) is 0.971. The molecular weight excluding hydrogens is 188 g/mol. The van der Waals surface area contributed by atoms with E-state index in [-0.39, 0.29) is 6.42 Å². The third-order valence-electron chi connectivity index (χ3n) is 1.85. The molecule has 0 aliphatic rings. The van der Waals surface area contributed by atoms with Gasteiger partial charge in [-0.2, -0.15) is 0 Å². The highest BCUT2D eigenvalue weighted by Crippen LogP contribution is 2.21. The van der Waals surface area contributed by atoms with Crippen molar-refractivity contribution in [2.75, 3.05) is 0 Å². The van der Waals surface area contributed by atoms with Gasteiger partial charge in [-0.3, -0.25) is 4.79 Å². The van der Waals surface area contributed by atoms with Gasteiger partial charge >= 0.3 is 0 Å². The molecule has 70 valence electrons. The number of halogens is 1. The molecule has 1 aromatic rings. The lowest BCUT2D eigenvalue weighted by atomic mass is 10.0. The minimum absolute atomic E-state index is 0.197. The van der Waals surface area contributed by atoms with Gasteiger partial charge in [0, 0.05) is 5.56 Å². The van der Waals surface area contributed by atoms with Crippen molar-refractivity contribution < 1.29 is 9.90 Å². The lowest BCUT2D eigenvalue weighted by Crippen LogP contribution is -2.31. The average Bonchev–Trinajstić information content (AvgIpc) is 2.18. The van der Waals surface area contributed by atoms with E-state index in [4.69, 9.17) is 11.6 Å². The number of ketones is 1. The first-order valence-electron chi connectivity index (χ1n) is 4.09. The zero-order chi connectivity index (χ0) is 9.90. The van der Waals surface area contributed by atoms with Gasteiger partial charge in [0.15, 0.2) is 0 Å². The molecule has 1 N–H and O–H groups in total. The lowest BCUT2D eigenvalue weighted by Gasteiger charge is -2.16. The second-order valence-corrected chi connectivity index (χ2v) is 3.43. The molecule has 0 aliphatic carbocycles. The van der Waals surface area contributed by atoms with Crippen LogP contribution < -0.4 is 0 Å². The van der Waals surface area contributed by atoms with E-state index in [9.17, 15) is 9.90 Å². The SMILES string of the molecule is CCC(O)(Cl)C(=O)c1ccccc1. The topological polar surface area (TPSA) is 37.3 Å². The van der Waals surface area contributed by atoms with Crippen molar-refractivity contribution in [2.24, 2.45) is 0 Å². The first kappa shape index (κ1) is 10.2. The van der Waals surface area contributed by atoms with Crippen molar-refractivity contribution in [2.45, 2.75) is 18.4 Å². The first-order valence-corrected chi connectivity index (χ1v) is 4.47. The van der Waals surface area contributed by atoms with Crippen LogP contribution in [0.25, 0.3) is 0 Å². The molecule has 0 heterocycles. The molecule has 1 aromatic carbocycles. The average molecular weight is 199 g/mol. The molecule has 0 fully saturated rings. The summed E-state index contributed by atoms with van der Waals surface area (Å²) in [6.45, 7) is 1.66. The van der Waals surface area contributed by atoms with Crippen LogP contribution in [-0.2, 0) is 0 Å². The van der Waals surface area contributed by atoms with E-state index in [1.807, 2.05) is 0 Å². The van der Waals surface area contributed by atoms with E-state index in [0.29, 0.717) is 5.56 Å². The van der Waals surface area contributed by atoms with Gasteiger partial charge in [-0.25, -0.2) is 0 Å². The maximum absolute atomic E-state index is 11.5. The van der Waals surface area contributed by atoms with Crippen LogP contribution in [0.1, 0.15) is 23.7 Å². The van der Waals surface area contributed by atoms with Gasteiger partial charge in [0.25, 0.3) is 0 Å².